The van der Waals surface area contributed by atoms with Gasteiger partial charge in [0, 0.05) is 43.3 Å². The standard InChI is InChI=1S/C29H35N5O4S/c1-5-37-27(35)24-20(4)32-22(13-15-33-16-14-30-19-33)25(28(36)38-6-2)26(24)23-17-31-29(39-7-3)34(23)18-21-11-9-8-10-12-21/h8-12,14,16-17,19,26,32H,5-7,13,15,18H2,1-4H3. The van der Waals surface area contributed by atoms with Crippen molar-refractivity contribution in [1.82, 2.24) is 24.4 Å². The zero-order valence-electron chi connectivity index (χ0n) is 22.8. The highest BCUT2D eigenvalue weighted by molar-refractivity contribution is 7.99. The van der Waals surface area contributed by atoms with Crippen LogP contribution in [0.1, 0.15) is 51.3 Å². The van der Waals surface area contributed by atoms with E-state index < -0.39 is 17.9 Å². The molecule has 9 nitrogen and oxygen atoms in total. The Morgan fingerprint density at radius 1 is 1.05 bits per heavy atom. The third-order valence-corrected chi connectivity index (χ3v) is 7.29. The van der Waals surface area contributed by atoms with Crippen LogP contribution < -0.4 is 5.32 Å². The van der Waals surface area contributed by atoms with Gasteiger partial charge >= 0.3 is 11.9 Å². The number of imidazole rings is 2. The minimum Gasteiger partial charge on any atom is -0.463 e. The highest BCUT2D eigenvalue weighted by atomic mass is 32.2. The molecule has 0 bridgehead atoms. The summed E-state index contributed by atoms with van der Waals surface area (Å²) in [6.07, 6.45) is 7.62. The van der Waals surface area contributed by atoms with Gasteiger partial charge in [-0.25, -0.2) is 19.6 Å². The average Bonchev–Trinajstić information content (AvgIpc) is 3.58. The molecule has 1 aromatic carbocycles. The van der Waals surface area contributed by atoms with Gasteiger partial charge in [-0.05, 0) is 32.1 Å². The monoisotopic (exact) mass is 549 g/mol. The fourth-order valence-corrected chi connectivity index (χ4v) is 5.46. The Balaban J connectivity index is 1.90. The van der Waals surface area contributed by atoms with Crippen LogP contribution in [0.2, 0.25) is 0 Å². The summed E-state index contributed by atoms with van der Waals surface area (Å²) >= 11 is 1.62. The molecule has 1 N–H and O–H groups in total. The van der Waals surface area contributed by atoms with Gasteiger partial charge in [0.25, 0.3) is 0 Å². The minimum absolute atomic E-state index is 0.210. The fourth-order valence-electron chi connectivity index (χ4n) is 4.75. The maximum Gasteiger partial charge on any atom is 0.336 e. The summed E-state index contributed by atoms with van der Waals surface area (Å²) in [5.41, 5.74) is 3.95. The number of nitrogens with one attached hydrogen (secondary N) is 1. The summed E-state index contributed by atoms with van der Waals surface area (Å²) in [5.74, 6) is -0.833. The van der Waals surface area contributed by atoms with Crippen molar-refractivity contribution >= 4 is 23.7 Å². The first kappa shape index (κ1) is 28.2. The van der Waals surface area contributed by atoms with Crippen LogP contribution in [0.25, 0.3) is 0 Å². The van der Waals surface area contributed by atoms with E-state index in [0.717, 1.165) is 22.2 Å². The summed E-state index contributed by atoms with van der Waals surface area (Å²) in [6.45, 7) is 9.03. The summed E-state index contributed by atoms with van der Waals surface area (Å²) in [7, 11) is 0. The van der Waals surface area contributed by atoms with E-state index in [1.54, 1.807) is 44.3 Å². The molecular formula is C29H35N5O4S. The number of hydrogen-bond donors (Lipinski definition) is 1. The normalized spacial score (nSPS) is 15.3. The summed E-state index contributed by atoms with van der Waals surface area (Å²) in [4.78, 5) is 35.9. The zero-order chi connectivity index (χ0) is 27.8. The second kappa shape index (κ2) is 13.3. The number of esters is 2. The third kappa shape index (κ3) is 6.44. The van der Waals surface area contributed by atoms with Crippen molar-refractivity contribution in [3.63, 3.8) is 0 Å². The summed E-state index contributed by atoms with van der Waals surface area (Å²) < 4.78 is 15.1. The quantitative estimate of drug-likeness (QED) is 0.257. The number of aromatic nitrogens is 4. The number of benzene rings is 1. The molecular weight excluding hydrogens is 514 g/mol. The Morgan fingerprint density at radius 3 is 2.41 bits per heavy atom. The van der Waals surface area contributed by atoms with Gasteiger partial charge in [0.1, 0.15) is 0 Å². The van der Waals surface area contributed by atoms with E-state index in [1.165, 1.54) is 0 Å². The Labute approximate surface area is 233 Å². The molecule has 0 saturated heterocycles. The molecule has 1 unspecified atom stereocenters. The fraction of sp³-hybridized carbons (Fsp3) is 0.379. The van der Waals surface area contributed by atoms with Crippen LogP contribution in [0, 0.1) is 0 Å². The second-order valence-electron chi connectivity index (χ2n) is 8.95. The Kier molecular flexibility index (Phi) is 9.64. The summed E-state index contributed by atoms with van der Waals surface area (Å²) in [5, 5.41) is 4.17. The molecule has 10 heteroatoms. The van der Waals surface area contributed by atoms with Crippen molar-refractivity contribution in [2.24, 2.45) is 0 Å². The molecule has 39 heavy (non-hydrogen) atoms. The van der Waals surface area contributed by atoms with E-state index in [-0.39, 0.29) is 13.2 Å². The predicted molar refractivity (Wildman–Crippen MR) is 150 cm³/mol. The molecule has 1 aliphatic rings. The number of thioether (sulfide) groups is 1. The van der Waals surface area contributed by atoms with Gasteiger partial charge in [0.15, 0.2) is 5.16 Å². The highest BCUT2D eigenvalue weighted by Crippen LogP contribution is 2.41. The van der Waals surface area contributed by atoms with E-state index in [1.807, 2.05) is 35.9 Å². The van der Waals surface area contributed by atoms with E-state index in [4.69, 9.17) is 14.5 Å². The maximum atomic E-state index is 13.6. The number of rotatable bonds is 12. The zero-order valence-corrected chi connectivity index (χ0v) is 23.7. The smallest absolute Gasteiger partial charge is 0.336 e. The number of dihydropyridines is 1. The van der Waals surface area contributed by atoms with Crippen molar-refractivity contribution in [3.8, 4) is 0 Å². The number of nitrogens with zero attached hydrogens (tertiary/aromatic N) is 4. The number of ether oxygens (including phenoxy) is 2. The molecule has 0 saturated carbocycles. The van der Waals surface area contributed by atoms with Crippen LogP contribution in [-0.4, -0.2) is 50.0 Å². The maximum absolute atomic E-state index is 13.6. The molecule has 0 spiro atoms. The molecule has 2 aromatic heterocycles. The van der Waals surface area contributed by atoms with Crippen molar-refractivity contribution in [2.45, 2.75) is 58.3 Å². The number of hydrogen-bond acceptors (Lipinski definition) is 8. The van der Waals surface area contributed by atoms with Crippen LogP contribution in [0.5, 0.6) is 0 Å². The van der Waals surface area contributed by atoms with Gasteiger partial charge in [-0.2, -0.15) is 0 Å². The van der Waals surface area contributed by atoms with Crippen LogP contribution in [0.3, 0.4) is 0 Å². The van der Waals surface area contributed by atoms with Gasteiger partial charge < -0.3 is 23.9 Å². The Morgan fingerprint density at radius 2 is 1.77 bits per heavy atom. The Bertz CT molecular complexity index is 1350. The van der Waals surface area contributed by atoms with Crippen LogP contribution in [0.15, 0.2) is 82.9 Å². The predicted octanol–water partition coefficient (Wildman–Crippen LogP) is 4.67. The second-order valence-corrected chi connectivity index (χ2v) is 10.2. The molecule has 1 aliphatic heterocycles. The van der Waals surface area contributed by atoms with Crippen LogP contribution in [0.4, 0.5) is 0 Å². The number of aryl methyl sites for hydroxylation is 1. The highest BCUT2D eigenvalue weighted by Gasteiger charge is 2.41. The first-order valence-electron chi connectivity index (χ1n) is 13.2. The van der Waals surface area contributed by atoms with E-state index in [2.05, 4.69) is 33.9 Å². The molecule has 206 valence electrons. The first-order chi connectivity index (χ1) is 19.0. The molecule has 4 rings (SSSR count). The van der Waals surface area contributed by atoms with Crippen LogP contribution >= 0.6 is 11.8 Å². The SMILES string of the molecule is CCOC(=O)C1=C(C)NC(CCn2ccnc2)=C(C(=O)OCC)C1c1cnc(SCC)n1Cc1ccccc1. The third-order valence-electron chi connectivity index (χ3n) is 6.42. The lowest BCUT2D eigenvalue weighted by atomic mass is 9.82. The van der Waals surface area contributed by atoms with Crippen molar-refractivity contribution in [3.05, 3.63) is 89.0 Å². The molecule has 0 radical (unpaired) electrons. The number of carbonyl (C=O) groups is 2. The van der Waals surface area contributed by atoms with Gasteiger partial charge in [-0.15, -0.1) is 0 Å². The first-order valence-corrected chi connectivity index (χ1v) is 14.2. The van der Waals surface area contributed by atoms with E-state index in [0.29, 0.717) is 42.1 Å². The van der Waals surface area contributed by atoms with Gasteiger partial charge in [0.2, 0.25) is 0 Å². The minimum atomic E-state index is -0.718. The molecule has 3 aromatic rings. The van der Waals surface area contributed by atoms with E-state index >= 15 is 0 Å². The lowest BCUT2D eigenvalue weighted by Crippen LogP contribution is -2.34. The molecule has 3 heterocycles. The topological polar surface area (TPSA) is 100 Å². The Hall–Kier alpha value is -3.79. The van der Waals surface area contributed by atoms with Gasteiger partial charge in [0.05, 0.1) is 48.5 Å². The summed E-state index contributed by atoms with van der Waals surface area (Å²) in [6, 6.07) is 10.1. The largest absolute Gasteiger partial charge is 0.463 e. The van der Waals surface area contributed by atoms with Crippen molar-refractivity contribution < 1.29 is 19.1 Å². The van der Waals surface area contributed by atoms with Crippen molar-refractivity contribution in [1.29, 1.82) is 0 Å². The molecule has 0 aliphatic carbocycles. The molecule has 1 atom stereocenters. The average molecular weight is 550 g/mol. The number of allylic oxidation sites excluding steroid dienone is 2. The van der Waals surface area contributed by atoms with Crippen molar-refractivity contribution in [2.75, 3.05) is 19.0 Å². The number of carbonyl (C=O) groups excluding carboxylic acids is 2. The molecule has 0 fully saturated rings. The molecule has 0 amide bonds. The van der Waals surface area contributed by atoms with Gasteiger partial charge in [-0.3, -0.25) is 0 Å². The van der Waals surface area contributed by atoms with Gasteiger partial charge in [-0.1, -0.05) is 49.0 Å². The van der Waals surface area contributed by atoms with Crippen LogP contribution in [-0.2, 0) is 32.2 Å². The lowest BCUT2D eigenvalue weighted by Gasteiger charge is -2.32. The van der Waals surface area contributed by atoms with E-state index in [9.17, 15) is 9.59 Å². The lowest BCUT2D eigenvalue weighted by molar-refractivity contribution is -0.139.